The van der Waals surface area contributed by atoms with Crippen LogP contribution in [-0.2, 0) is 4.79 Å². The third kappa shape index (κ3) is 3.97. The molecule has 0 aromatic heterocycles. The Bertz CT molecular complexity index is 416. The molecule has 0 bridgehead atoms. The zero-order valence-corrected chi connectivity index (χ0v) is 10.8. The minimum absolute atomic E-state index is 0.174. The SMILES string of the molecule is Cc1cc(N)ccc1SCCC(=O)NC1CC1. The average Bonchev–Trinajstić information content (AvgIpc) is 3.05. The number of nitrogen functional groups attached to an aromatic ring is 1. The topological polar surface area (TPSA) is 55.1 Å². The highest BCUT2D eigenvalue weighted by Gasteiger charge is 2.22. The molecule has 0 spiro atoms. The van der Waals surface area contributed by atoms with Crippen LogP contribution in [0.4, 0.5) is 5.69 Å². The van der Waals surface area contributed by atoms with Crippen LogP contribution in [0.15, 0.2) is 23.1 Å². The zero-order chi connectivity index (χ0) is 12.3. The molecule has 2 rings (SSSR count). The number of aryl methyl sites for hydroxylation is 1. The summed E-state index contributed by atoms with van der Waals surface area (Å²) >= 11 is 1.72. The zero-order valence-electron chi connectivity index (χ0n) is 10.0. The molecular weight excluding hydrogens is 232 g/mol. The Hall–Kier alpha value is -1.16. The Balaban J connectivity index is 1.75. The summed E-state index contributed by atoms with van der Waals surface area (Å²) in [6.07, 6.45) is 2.89. The van der Waals surface area contributed by atoms with E-state index in [4.69, 9.17) is 5.73 Å². The van der Waals surface area contributed by atoms with Crippen molar-refractivity contribution in [3.63, 3.8) is 0 Å². The van der Waals surface area contributed by atoms with E-state index in [1.807, 2.05) is 25.1 Å². The molecule has 1 aliphatic rings. The molecule has 1 aromatic rings. The fourth-order valence-corrected chi connectivity index (χ4v) is 2.57. The Morgan fingerprint density at radius 1 is 1.53 bits per heavy atom. The first-order chi connectivity index (χ1) is 8.15. The summed E-state index contributed by atoms with van der Waals surface area (Å²) in [5.74, 6) is 0.997. The Labute approximate surface area is 106 Å². The highest BCUT2D eigenvalue weighted by atomic mass is 32.2. The molecule has 0 heterocycles. The van der Waals surface area contributed by atoms with Gasteiger partial charge < -0.3 is 11.1 Å². The van der Waals surface area contributed by atoms with Crippen LogP contribution in [0.1, 0.15) is 24.8 Å². The van der Waals surface area contributed by atoms with Gasteiger partial charge in [-0.2, -0.15) is 0 Å². The van der Waals surface area contributed by atoms with Gasteiger partial charge in [-0.15, -0.1) is 11.8 Å². The summed E-state index contributed by atoms with van der Waals surface area (Å²) in [5, 5.41) is 2.99. The number of thioether (sulfide) groups is 1. The number of hydrogen-bond donors (Lipinski definition) is 2. The van der Waals surface area contributed by atoms with Gasteiger partial charge in [0.05, 0.1) is 0 Å². The fourth-order valence-electron chi connectivity index (χ4n) is 1.62. The van der Waals surface area contributed by atoms with Crippen molar-refractivity contribution in [1.29, 1.82) is 0 Å². The van der Waals surface area contributed by atoms with Crippen LogP contribution in [0, 0.1) is 6.92 Å². The Kier molecular flexibility index (Phi) is 3.94. The number of amides is 1. The van der Waals surface area contributed by atoms with Crippen molar-refractivity contribution >= 4 is 23.4 Å². The summed E-state index contributed by atoms with van der Waals surface area (Å²) in [7, 11) is 0. The molecule has 1 aliphatic carbocycles. The van der Waals surface area contributed by atoms with E-state index < -0.39 is 0 Å². The van der Waals surface area contributed by atoms with Gasteiger partial charge >= 0.3 is 0 Å². The minimum atomic E-state index is 0.174. The van der Waals surface area contributed by atoms with E-state index >= 15 is 0 Å². The minimum Gasteiger partial charge on any atom is -0.399 e. The molecule has 1 aromatic carbocycles. The second-order valence-corrected chi connectivity index (χ2v) is 5.60. The van der Waals surface area contributed by atoms with Crippen LogP contribution in [0.2, 0.25) is 0 Å². The molecule has 0 aliphatic heterocycles. The number of carbonyl (C=O) groups excluding carboxylic acids is 1. The molecule has 0 radical (unpaired) electrons. The van der Waals surface area contributed by atoms with Crippen molar-refractivity contribution in [3.05, 3.63) is 23.8 Å². The van der Waals surface area contributed by atoms with Gasteiger partial charge in [-0.05, 0) is 43.5 Å². The molecule has 4 heteroatoms. The molecule has 0 saturated heterocycles. The van der Waals surface area contributed by atoms with Gasteiger partial charge in [0.15, 0.2) is 0 Å². The van der Waals surface area contributed by atoms with Gasteiger partial charge in [0.1, 0.15) is 0 Å². The second kappa shape index (κ2) is 5.45. The first-order valence-corrected chi connectivity index (χ1v) is 6.92. The Morgan fingerprint density at radius 2 is 2.29 bits per heavy atom. The first kappa shape index (κ1) is 12.3. The maximum Gasteiger partial charge on any atom is 0.221 e. The molecule has 3 N–H and O–H groups in total. The van der Waals surface area contributed by atoms with Crippen LogP contribution < -0.4 is 11.1 Å². The molecular formula is C13H18N2OS. The fraction of sp³-hybridized carbons (Fsp3) is 0.462. The third-order valence-electron chi connectivity index (χ3n) is 2.73. The van der Waals surface area contributed by atoms with Crippen LogP contribution in [0.3, 0.4) is 0 Å². The molecule has 1 amide bonds. The van der Waals surface area contributed by atoms with Crippen LogP contribution in [-0.4, -0.2) is 17.7 Å². The molecule has 1 fully saturated rings. The lowest BCUT2D eigenvalue weighted by Gasteiger charge is -2.06. The lowest BCUT2D eigenvalue weighted by Crippen LogP contribution is -2.25. The number of hydrogen-bond acceptors (Lipinski definition) is 3. The van der Waals surface area contributed by atoms with Crippen LogP contribution in [0.25, 0.3) is 0 Å². The summed E-state index contributed by atoms with van der Waals surface area (Å²) in [4.78, 5) is 12.7. The predicted octanol–water partition coefficient (Wildman–Crippen LogP) is 2.34. The Morgan fingerprint density at radius 3 is 2.94 bits per heavy atom. The van der Waals surface area contributed by atoms with Gasteiger partial charge in [-0.3, -0.25) is 4.79 Å². The van der Waals surface area contributed by atoms with E-state index in [2.05, 4.69) is 5.32 Å². The number of nitrogens with one attached hydrogen (secondary N) is 1. The van der Waals surface area contributed by atoms with Crippen molar-refractivity contribution < 1.29 is 4.79 Å². The number of nitrogens with two attached hydrogens (primary N) is 1. The monoisotopic (exact) mass is 250 g/mol. The summed E-state index contributed by atoms with van der Waals surface area (Å²) in [5.41, 5.74) is 7.66. The molecule has 0 unspecified atom stereocenters. The van der Waals surface area contributed by atoms with Crippen molar-refractivity contribution in [2.75, 3.05) is 11.5 Å². The summed E-state index contributed by atoms with van der Waals surface area (Å²) < 4.78 is 0. The number of rotatable bonds is 5. The van der Waals surface area contributed by atoms with E-state index in [-0.39, 0.29) is 5.91 Å². The van der Waals surface area contributed by atoms with Crippen LogP contribution >= 0.6 is 11.8 Å². The lowest BCUT2D eigenvalue weighted by molar-refractivity contribution is -0.120. The van der Waals surface area contributed by atoms with Gasteiger partial charge in [-0.25, -0.2) is 0 Å². The standard InChI is InChI=1S/C13H18N2OS/c1-9-8-10(14)2-5-12(9)17-7-6-13(16)15-11-3-4-11/h2,5,8,11H,3-4,6-7,14H2,1H3,(H,15,16). The van der Waals surface area contributed by atoms with E-state index in [0.717, 1.165) is 24.3 Å². The summed E-state index contributed by atoms with van der Waals surface area (Å²) in [6, 6.07) is 6.35. The molecule has 92 valence electrons. The van der Waals surface area contributed by atoms with Gasteiger partial charge in [0.25, 0.3) is 0 Å². The number of benzene rings is 1. The third-order valence-corrected chi connectivity index (χ3v) is 3.91. The summed E-state index contributed by atoms with van der Waals surface area (Å²) in [6.45, 7) is 2.04. The highest BCUT2D eigenvalue weighted by molar-refractivity contribution is 7.99. The molecule has 0 atom stereocenters. The van der Waals surface area contributed by atoms with Gasteiger partial charge in [0.2, 0.25) is 5.91 Å². The maximum atomic E-state index is 11.5. The van der Waals surface area contributed by atoms with Crippen molar-refractivity contribution in [1.82, 2.24) is 5.32 Å². The second-order valence-electron chi connectivity index (χ2n) is 4.47. The van der Waals surface area contributed by atoms with Crippen molar-refractivity contribution in [2.24, 2.45) is 0 Å². The van der Waals surface area contributed by atoms with E-state index in [1.165, 1.54) is 10.5 Å². The smallest absolute Gasteiger partial charge is 0.221 e. The van der Waals surface area contributed by atoms with E-state index in [9.17, 15) is 4.79 Å². The number of anilines is 1. The maximum absolute atomic E-state index is 11.5. The molecule has 1 saturated carbocycles. The average molecular weight is 250 g/mol. The molecule has 17 heavy (non-hydrogen) atoms. The van der Waals surface area contributed by atoms with E-state index in [0.29, 0.717) is 12.5 Å². The number of carbonyl (C=O) groups is 1. The highest BCUT2D eigenvalue weighted by Crippen LogP contribution is 2.25. The largest absolute Gasteiger partial charge is 0.399 e. The predicted molar refractivity (Wildman–Crippen MR) is 72.1 cm³/mol. The van der Waals surface area contributed by atoms with Crippen molar-refractivity contribution in [2.45, 2.75) is 37.1 Å². The quantitative estimate of drug-likeness (QED) is 0.623. The van der Waals surface area contributed by atoms with Gasteiger partial charge in [0, 0.05) is 28.8 Å². The van der Waals surface area contributed by atoms with Crippen LogP contribution in [0.5, 0.6) is 0 Å². The molecule has 3 nitrogen and oxygen atoms in total. The normalized spacial score (nSPS) is 14.6. The van der Waals surface area contributed by atoms with Gasteiger partial charge in [-0.1, -0.05) is 0 Å². The lowest BCUT2D eigenvalue weighted by atomic mass is 10.2. The van der Waals surface area contributed by atoms with E-state index in [1.54, 1.807) is 11.8 Å². The first-order valence-electron chi connectivity index (χ1n) is 5.93. The van der Waals surface area contributed by atoms with Crippen molar-refractivity contribution in [3.8, 4) is 0 Å².